The maximum Gasteiger partial charge on any atom is 0.260 e. The zero-order valence-electron chi connectivity index (χ0n) is 18.9. The van der Waals surface area contributed by atoms with Gasteiger partial charge in [0.05, 0.1) is 10.5 Å². The van der Waals surface area contributed by atoms with Crippen LogP contribution in [0.1, 0.15) is 49.5 Å². The van der Waals surface area contributed by atoms with Crippen LogP contribution in [0.25, 0.3) is 10.6 Å². The Labute approximate surface area is 200 Å². The fourth-order valence-corrected chi connectivity index (χ4v) is 5.09. The van der Waals surface area contributed by atoms with E-state index in [4.69, 9.17) is 0 Å². The average Bonchev–Trinajstić information content (AvgIpc) is 3.49. The van der Waals surface area contributed by atoms with E-state index in [1.807, 2.05) is 20.8 Å². The number of amides is 1. The summed E-state index contributed by atoms with van der Waals surface area (Å²) in [5.74, 6) is -1.92. The predicted octanol–water partition coefficient (Wildman–Crippen LogP) is 4.72. The highest BCUT2D eigenvalue weighted by Crippen LogP contribution is 2.32. The number of hydrogen-bond acceptors (Lipinski definition) is 6. The van der Waals surface area contributed by atoms with Crippen LogP contribution in [-0.2, 0) is 15.4 Å². The predicted molar refractivity (Wildman–Crippen MR) is 126 cm³/mol. The minimum atomic E-state index is -3.88. The lowest BCUT2D eigenvalue weighted by atomic mass is 9.86. The number of anilines is 1. The Hall–Kier alpha value is -2.76. The number of nitrogens with zero attached hydrogens (tertiary/aromatic N) is 2. The SMILES string of the molecule is CC(C)(C)c1ccc(-c2nnc(NC(=O)c3cc(S(=O)(=O)NCC4CC4)ccc3F)s2)c(F)c1. The minimum absolute atomic E-state index is 0.0267. The summed E-state index contributed by atoms with van der Waals surface area (Å²) < 4.78 is 56.4. The molecule has 0 unspecified atom stereocenters. The second-order valence-corrected chi connectivity index (χ2v) is 12.0. The van der Waals surface area contributed by atoms with E-state index < -0.39 is 33.1 Å². The van der Waals surface area contributed by atoms with Gasteiger partial charge in [0.2, 0.25) is 15.2 Å². The van der Waals surface area contributed by atoms with E-state index in [1.54, 1.807) is 12.1 Å². The van der Waals surface area contributed by atoms with Gasteiger partial charge in [0.1, 0.15) is 11.6 Å². The number of carbonyl (C=O) groups excluding carboxylic acids is 1. The summed E-state index contributed by atoms with van der Waals surface area (Å²) in [4.78, 5) is 12.4. The monoisotopic (exact) mass is 506 g/mol. The molecule has 2 aromatic carbocycles. The molecule has 1 aliphatic rings. The second-order valence-electron chi connectivity index (χ2n) is 9.25. The second kappa shape index (κ2) is 9.12. The molecule has 1 heterocycles. The molecule has 4 rings (SSSR count). The lowest BCUT2D eigenvalue weighted by molar-refractivity contribution is 0.102. The molecule has 11 heteroatoms. The van der Waals surface area contributed by atoms with E-state index in [-0.39, 0.29) is 26.0 Å². The van der Waals surface area contributed by atoms with Crippen LogP contribution in [0.3, 0.4) is 0 Å². The van der Waals surface area contributed by atoms with Crippen LogP contribution in [-0.4, -0.2) is 31.1 Å². The molecule has 0 spiro atoms. The normalized spacial score (nSPS) is 14.3. The van der Waals surface area contributed by atoms with Crippen molar-refractivity contribution in [2.45, 2.75) is 43.9 Å². The molecule has 1 saturated carbocycles. The number of sulfonamides is 1. The first-order chi connectivity index (χ1) is 15.9. The Kier molecular flexibility index (Phi) is 6.54. The highest BCUT2D eigenvalue weighted by molar-refractivity contribution is 7.89. The molecule has 1 amide bonds. The van der Waals surface area contributed by atoms with Crippen molar-refractivity contribution in [2.24, 2.45) is 5.92 Å². The van der Waals surface area contributed by atoms with E-state index in [9.17, 15) is 22.0 Å². The van der Waals surface area contributed by atoms with Crippen molar-refractivity contribution in [3.8, 4) is 10.6 Å². The van der Waals surface area contributed by atoms with Gasteiger partial charge in [0, 0.05) is 12.1 Å². The summed E-state index contributed by atoms with van der Waals surface area (Å²) in [5.41, 5.74) is 0.376. The molecule has 7 nitrogen and oxygen atoms in total. The van der Waals surface area contributed by atoms with Crippen molar-refractivity contribution in [1.82, 2.24) is 14.9 Å². The number of rotatable bonds is 7. The van der Waals surface area contributed by atoms with Gasteiger partial charge in [-0.2, -0.15) is 0 Å². The number of hydrogen-bond donors (Lipinski definition) is 2. The van der Waals surface area contributed by atoms with Crippen LogP contribution in [0.4, 0.5) is 13.9 Å². The van der Waals surface area contributed by atoms with Gasteiger partial charge in [-0.05, 0) is 60.1 Å². The van der Waals surface area contributed by atoms with E-state index in [1.165, 1.54) is 6.07 Å². The number of benzene rings is 2. The summed E-state index contributed by atoms with van der Waals surface area (Å²) >= 11 is 0.923. The Balaban J connectivity index is 1.52. The van der Waals surface area contributed by atoms with E-state index >= 15 is 0 Å². The van der Waals surface area contributed by atoms with E-state index in [0.717, 1.165) is 47.9 Å². The van der Waals surface area contributed by atoms with Crippen LogP contribution < -0.4 is 10.0 Å². The smallest absolute Gasteiger partial charge is 0.260 e. The molecule has 180 valence electrons. The first kappa shape index (κ1) is 24.4. The fourth-order valence-electron chi connectivity index (χ4n) is 3.18. The molecular formula is C23H24F2N4O3S2. The molecule has 0 aliphatic heterocycles. The average molecular weight is 507 g/mol. The third-order valence-corrected chi connectivity index (χ3v) is 7.76. The molecule has 0 atom stereocenters. The van der Waals surface area contributed by atoms with Gasteiger partial charge in [-0.25, -0.2) is 21.9 Å². The zero-order valence-corrected chi connectivity index (χ0v) is 20.5. The summed E-state index contributed by atoms with van der Waals surface area (Å²) in [6.45, 7) is 6.23. The molecule has 1 aromatic heterocycles. The Morgan fingerprint density at radius 2 is 1.82 bits per heavy atom. The molecule has 34 heavy (non-hydrogen) atoms. The highest BCUT2D eigenvalue weighted by Gasteiger charge is 2.26. The third kappa shape index (κ3) is 5.48. The third-order valence-electron chi connectivity index (χ3n) is 5.46. The van der Waals surface area contributed by atoms with Gasteiger partial charge in [-0.3, -0.25) is 10.1 Å². The largest absolute Gasteiger partial charge is 0.296 e. The van der Waals surface area contributed by atoms with Crippen molar-refractivity contribution in [2.75, 3.05) is 11.9 Å². The molecule has 0 bridgehead atoms. The number of halogens is 2. The van der Waals surface area contributed by atoms with Gasteiger partial charge in [0.15, 0.2) is 5.01 Å². The van der Waals surface area contributed by atoms with Crippen molar-refractivity contribution < 1.29 is 22.0 Å². The number of carbonyl (C=O) groups is 1. The van der Waals surface area contributed by atoms with Crippen molar-refractivity contribution in [3.63, 3.8) is 0 Å². The summed E-state index contributed by atoms with van der Waals surface area (Å²) in [7, 11) is -3.88. The molecule has 3 aromatic rings. The van der Waals surface area contributed by atoms with Crippen LogP contribution in [0, 0.1) is 17.6 Å². The highest BCUT2D eigenvalue weighted by atomic mass is 32.2. The first-order valence-electron chi connectivity index (χ1n) is 10.7. The maximum absolute atomic E-state index is 14.7. The summed E-state index contributed by atoms with van der Waals surface area (Å²) in [6, 6.07) is 7.86. The van der Waals surface area contributed by atoms with Crippen LogP contribution in [0.2, 0.25) is 0 Å². The lowest BCUT2D eigenvalue weighted by Crippen LogP contribution is -2.26. The van der Waals surface area contributed by atoms with Gasteiger partial charge >= 0.3 is 0 Å². The Morgan fingerprint density at radius 1 is 1.09 bits per heavy atom. The van der Waals surface area contributed by atoms with Crippen molar-refractivity contribution in [1.29, 1.82) is 0 Å². The van der Waals surface area contributed by atoms with Crippen molar-refractivity contribution >= 4 is 32.4 Å². The maximum atomic E-state index is 14.7. The topological polar surface area (TPSA) is 101 Å². The molecule has 1 fully saturated rings. The molecule has 0 radical (unpaired) electrons. The molecular weight excluding hydrogens is 482 g/mol. The quantitative estimate of drug-likeness (QED) is 0.483. The summed E-state index contributed by atoms with van der Waals surface area (Å²) in [6.07, 6.45) is 1.93. The Morgan fingerprint density at radius 3 is 2.47 bits per heavy atom. The van der Waals surface area contributed by atoms with Gasteiger partial charge in [-0.1, -0.05) is 38.2 Å². The fraction of sp³-hybridized carbons (Fsp3) is 0.348. The first-order valence-corrected chi connectivity index (χ1v) is 13.0. The summed E-state index contributed by atoms with van der Waals surface area (Å²) in [5, 5.41) is 10.5. The van der Waals surface area contributed by atoms with E-state index in [0.29, 0.717) is 12.5 Å². The molecule has 1 aliphatic carbocycles. The van der Waals surface area contributed by atoms with Crippen LogP contribution in [0.5, 0.6) is 0 Å². The van der Waals surface area contributed by atoms with E-state index in [2.05, 4.69) is 20.2 Å². The van der Waals surface area contributed by atoms with Gasteiger partial charge in [-0.15, -0.1) is 10.2 Å². The molecule has 2 N–H and O–H groups in total. The number of aromatic nitrogens is 2. The van der Waals surface area contributed by atoms with Crippen molar-refractivity contribution in [3.05, 3.63) is 59.2 Å². The van der Waals surface area contributed by atoms with Crippen LogP contribution in [0.15, 0.2) is 41.3 Å². The zero-order chi connectivity index (χ0) is 24.7. The minimum Gasteiger partial charge on any atom is -0.296 e. The lowest BCUT2D eigenvalue weighted by Gasteiger charge is -2.19. The van der Waals surface area contributed by atoms with Crippen LogP contribution >= 0.6 is 11.3 Å². The van der Waals surface area contributed by atoms with Gasteiger partial charge < -0.3 is 0 Å². The standard InChI is InChI=1S/C23H24F2N4O3S2/c1-23(2,3)14-6-8-16(19(25)10-14)21-28-29-22(33-21)27-20(30)17-11-15(7-9-18(17)24)34(31,32)26-12-13-4-5-13/h6-11,13,26H,4-5,12H2,1-3H3,(H,27,29,30). The Bertz CT molecular complexity index is 1350. The van der Waals surface area contributed by atoms with Gasteiger partial charge in [0.25, 0.3) is 5.91 Å². The molecule has 0 saturated heterocycles. The number of nitrogens with one attached hydrogen (secondary N) is 2.